The van der Waals surface area contributed by atoms with Crippen LogP contribution in [0.1, 0.15) is 0 Å². The summed E-state index contributed by atoms with van der Waals surface area (Å²) < 4.78 is 10.5. The molecule has 27 heavy (non-hydrogen) atoms. The Labute approximate surface area is 152 Å². The second kappa shape index (κ2) is 7.08. The molecule has 0 spiro atoms. The van der Waals surface area contributed by atoms with E-state index in [9.17, 15) is 9.59 Å². The predicted octanol–water partition coefficient (Wildman–Crippen LogP) is 1.99. The molecule has 9 heteroatoms. The normalized spacial score (nSPS) is 10.7. The van der Waals surface area contributed by atoms with E-state index in [1.54, 1.807) is 42.6 Å². The number of aromatic nitrogens is 4. The number of carbonyl (C=O) groups is 1. The molecule has 0 unspecified atom stereocenters. The summed E-state index contributed by atoms with van der Waals surface area (Å²) in [7, 11) is 0. The van der Waals surface area contributed by atoms with Crippen molar-refractivity contribution >= 4 is 22.8 Å². The number of nitrogens with one attached hydrogen (secondary N) is 2. The summed E-state index contributed by atoms with van der Waals surface area (Å²) in [4.78, 5) is 31.6. The molecule has 1 aromatic carbocycles. The van der Waals surface area contributed by atoms with Gasteiger partial charge in [0.15, 0.2) is 12.4 Å². The van der Waals surface area contributed by atoms with E-state index in [0.29, 0.717) is 22.9 Å². The number of aromatic amines is 1. The summed E-state index contributed by atoms with van der Waals surface area (Å²) in [6, 6.07) is 13.3. The Hall–Kier alpha value is -4.01. The molecular weight excluding hydrogens is 350 g/mol. The van der Waals surface area contributed by atoms with Crippen molar-refractivity contribution in [2.24, 2.45) is 0 Å². The number of anilines is 1. The molecule has 4 rings (SSSR count). The Morgan fingerprint density at radius 3 is 2.93 bits per heavy atom. The molecule has 0 aliphatic carbocycles. The van der Waals surface area contributed by atoms with Gasteiger partial charge in [0.2, 0.25) is 5.95 Å². The Morgan fingerprint density at radius 2 is 2.07 bits per heavy atom. The summed E-state index contributed by atoms with van der Waals surface area (Å²) in [5.74, 6) is 0.525. The Bertz CT molecular complexity index is 1150. The molecule has 0 saturated carbocycles. The number of ether oxygens (including phenoxy) is 1. The topological polar surface area (TPSA) is 123 Å². The molecule has 0 fully saturated rings. The second-order valence-corrected chi connectivity index (χ2v) is 5.51. The van der Waals surface area contributed by atoms with E-state index < -0.39 is 11.5 Å². The lowest BCUT2D eigenvalue weighted by molar-refractivity contribution is -0.118. The number of benzene rings is 1. The lowest BCUT2D eigenvalue weighted by Gasteiger charge is -2.06. The van der Waals surface area contributed by atoms with Crippen molar-refractivity contribution in [2.75, 3.05) is 11.9 Å². The van der Waals surface area contributed by atoms with E-state index in [1.807, 2.05) is 6.07 Å². The van der Waals surface area contributed by atoms with Gasteiger partial charge in [-0.1, -0.05) is 6.07 Å². The fraction of sp³-hybridized carbons (Fsp3) is 0.0556. The van der Waals surface area contributed by atoms with Crippen molar-refractivity contribution in [3.8, 4) is 17.3 Å². The molecule has 0 aliphatic heterocycles. The highest BCUT2D eigenvalue weighted by Gasteiger charge is 2.10. The molecular formula is C18H13N5O4. The number of rotatable bonds is 5. The lowest BCUT2D eigenvalue weighted by atomic mass is 10.2. The maximum Gasteiger partial charge on any atom is 0.336 e. The van der Waals surface area contributed by atoms with E-state index in [1.165, 1.54) is 6.07 Å². The maximum atomic E-state index is 12.0. The summed E-state index contributed by atoms with van der Waals surface area (Å²) >= 11 is 0. The van der Waals surface area contributed by atoms with Gasteiger partial charge in [-0.25, -0.2) is 4.79 Å². The quantitative estimate of drug-likeness (QED) is 0.520. The summed E-state index contributed by atoms with van der Waals surface area (Å²) in [5.41, 5.74) is 0.541. The molecule has 4 aromatic rings. The Kier molecular flexibility index (Phi) is 4.32. The van der Waals surface area contributed by atoms with Gasteiger partial charge in [-0.2, -0.15) is 4.98 Å². The van der Waals surface area contributed by atoms with Crippen molar-refractivity contribution in [1.29, 1.82) is 0 Å². The van der Waals surface area contributed by atoms with E-state index >= 15 is 0 Å². The molecule has 1 amide bonds. The molecule has 0 atom stereocenters. The summed E-state index contributed by atoms with van der Waals surface area (Å²) in [5, 5.41) is 9.92. The van der Waals surface area contributed by atoms with Crippen LogP contribution in [0.2, 0.25) is 0 Å². The summed E-state index contributed by atoms with van der Waals surface area (Å²) in [6.45, 7) is -0.254. The van der Waals surface area contributed by atoms with E-state index in [4.69, 9.17) is 9.15 Å². The first-order valence-corrected chi connectivity index (χ1v) is 7.98. The SMILES string of the molecule is O=C(COc1ccc2ccc(=O)oc2c1)Nc1n[nH]c(-c2ccccn2)n1. The standard InChI is InChI=1S/C18H13N5O4/c24-15(20-18-21-17(22-23-18)13-3-1-2-8-19-13)10-26-12-6-4-11-5-7-16(25)27-14(11)9-12/h1-9H,10H2,(H2,20,21,22,23,24). The van der Waals surface area contributed by atoms with E-state index in [-0.39, 0.29) is 12.6 Å². The Balaban J connectivity index is 1.39. The predicted molar refractivity (Wildman–Crippen MR) is 96.2 cm³/mol. The van der Waals surface area contributed by atoms with E-state index in [2.05, 4.69) is 25.5 Å². The first kappa shape index (κ1) is 16.5. The van der Waals surface area contributed by atoms with Crippen LogP contribution in [-0.4, -0.2) is 32.7 Å². The van der Waals surface area contributed by atoms with Crippen LogP contribution in [0, 0.1) is 0 Å². The van der Waals surface area contributed by atoms with Gasteiger partial charge in [-0.05, 0) is 30.3 Å². The third-order valence-electron chi connectivity index (χ3n) is 3.61. The zero-order valence-electron chi connectivity index (χ0n) is 13.9. The van der Waals surface area contributed by atoms with Gasteiger partial charge in [0, 0.05) is 23.7 Å². The first-order valence-electron chi connectivity index (χ1n) is 7.98. The zero-order valence-corrected chi connectivity index (χ0v) is 13.9. The van der Waals surface area contributed by atoms with Crippen LogP contribution in [0.4, 0.5) is 5.95 Å². The largest absolute Gasteiger partial charge is 0.484 e. The monoisotopic (exact) mass is 363 g/mol. The average Bonchev–Trinajstić information content (AvgIpc) is 3.15. The van der Waals surface area contributed by atoms with Gasteiger partial charge in [0.1, 0.15) is 17.0 Å². The highest BCUT2D eigenvalue weighted by molar-refractivity contribution is 5.90. The van der Waals surface area contributed by atoms with Gasteiger partial charge in [0.05, 0.1) is 0 Å². The lowest BCUT2D eigenvalue weighted by Crippen LogP contribution is -2.20. The van der Waals surface area contributed by atoms with Crippen molar-refractivity contribution < 1.29 is 13.9 Å². The minimum absolute atomic E-state index is 0.119. The fourth-order valence-corrected chi connectivity index (χ4v) is 2.38. The Morgan fingerprint density at radius 1 is 1.19 bits per heavy atom. The van der Waals surface area contributed by atoms with Crippen LogP contribution in [0.5, 0.6) is 5.75 Å². The van der Waals surface area contributed by atoms with Gasteiger partial charge in [-0.15, -0.1) is 5.10 Å². The van der Waals surface area contributed by atoms with Crippen LogP contribution >= 0.6 is 0 Å². The number of hydrogen-bond donors (Lipinski definition) is 2. The van der Waals surface area contributed by atoms with Crippen LogP contribution < -0.4 is 15.7 Å². The minimum Gasteiger partial charge on any atom is -0.484 e. The van der Waals surface area contributed by atoms with Gasteiger partial charge >= 0.3 is 5.63 Å². The third kappa shape index (κ3) is 3.82. The number of nitrogens with zero attached hydrogens (tertiary/aromatic N) is 3. The highest BCUT2D eigenvalue weighted by Crippen LogP contribution is 2.19. The maximum absolute atomic E-state index is 12.0. The molecule has 0 bridgehead atoms. The number of fused-ring (bicyclic) bond motifs is 1. The molecule has 3 heterocycles. The number of hydrogen-bond acceptors (Lipinski definition) is 7. The van der Waals surface area contributed by atoms with Crippen LogP contribution in [-0.2, 0) is 4.79 Å². The van der Waals surface area contributed by atoms with Gasteiger partial charge in [0.25, 0.3) is 5.91 Å². The molecule has 134 valence electrons. The van der Waals surface area contributed by atoms with Crippen molar-refractivity contribution in [2.45, 2.75) is 0 Å². The van der Waals surface area contributed by atoms with Crippen LogP contribution in [0.15, 0.2) is 63.9 Å². The minimum atomic E-state index is -0.453. The van der Waals surface area contributed by atoms with Crippen molar-refractivity contribution in [3.05, 3.63) is 65.1 Å². The summed E-state index contributed by atoms with van der Waals surface area (Å²) in [6.07, 6.45) is 1.63. The average molecular weight is 363 g/mol. The molecule has 0 saturated heterocycles. The van der Waals surface area contributed by atoms with Crippen LogP contribution in [0.25, 0.3) is 22.5 Å². The molecule has 9 nitrogen and oxygen atoms in total. The molecule has 2 N–H and O–H groups in total. The smallest absolute Gasteiger partial charge is 0.336 e. The van der Waals surface area contributed by atoms with E-state index in [0.717, 1.165) is 5.39 Å². The van der Waals surface area contributed by atoms with Crippen molar-refractivity contribution in [1.82, 2.24) is 20.2 Å². The molecule has 3 aromatic heterocycles. The van der Waals surface area contributed by atoms with Crippen molar-refractivity contribution in [3.63, 3.8) is 0 Å². The number of H-pyrrole nitrogens is 1. The second-order valence-electron chi connectivity index (χ2n) is 5.51. The van der Waals surface area contributed by atoms with Gasteiger partial charge < -0.3 is 9.15 Å². The highest BCUT2D eigenvalue weighted by atomic mass is 16.5. The third-order valence-corrected chi connectivity index (χ3v) is 3.61. The molecule has 0 aliphatic rings. The van der Waals surface area contributed by atoms with Crippen LogP contribution in [0.3, 0.4) is 0 Å². The number of carbonyl (C=O) groups excluding carboxylic acids is 1. The zero-order chi connectivity index (χ0) is 18.6. The van der Waals surface area contributed by atoms with Gasteiger partial charge in [-0.3, -0.25) is 20.2 Å². The fourth-order valence-electron chi connectivity index (χ4n) is 2.38. The first-order chi connectivity index (χ1) is 13.2. The number of pyridine rings is 1. The molecule has 0 radical (unpaired) electrons. The number of amides is 1.